The summed E-state index contributed by atoms with van der Waals surface area (Å²) in [5, 5.41) is 10.4. The van der Waals surface area contributed by atoms with Crippen molar-refractivity contribution < 1.29 is 0 Å². The van der Waals surface area contributed by atoms with Crippen LogP contribution in [0.15, 0.2) is 97.1 Å². The molecule has 0 aliphatic rings. The summed E-state index contributed by atoms with van der Waals surface area (Å²) >= 11 is 0. The van der Waals surface area contributed by atoms with Crippen LogP contribution in [0.5, 0.6) is 0 Å². The number of nitrogens with zero attached hydrogens (tertiary/aromatic N) is 2. The highest BCUT2D eigenvalue weighted by Gasteiger charge is 2.20. The maximum Gasteiger partial charge on any atom is 0.0727 e. The van der Waals surface area contributed by atoms with E-state index < -0.39 is 0 Å². The first-order valence-electron chi connectivity index (χ1n) is 15.0. The van der Waals surface area contributed by atoms with Gasteiger partial charge in [0.15, 0.2) is 0 Å². The minimum Gasteiger partial charge on any atom is -0.354 e. The Balaban J connectivity index is 1.01. The second kappa shape index (κ2) is 10.5. The Morgan fingerprint density at radius 3 is 1.40 bits per heavy atom. The number of fused-ring (bicyclic) bond motifs is 10. The van der Waals surface area contributed by atoms with E-state index in [-0.39, 0.29) is 12.1 Å². The standard InChI is InChI=1S/C36H33N7/c37-25(35-31-21-9-1-5-13-27(21)40-33(31)23-11-3-7-15-29(23)42-35)17-19-39-20-18-26(38)36-32-22-10-2-6-14-28(22)41-34(32)24-12-4-8-16-30(24)43-36/h1-16,25-26,39-41H,17-20,37-38H2. The third-order valence-electron chi connectivity index (χ3n) is 8.72. The fourth-order valence-corrected chi connectivity index (χ4v) is 6.61. The lowest BCUT2D eigenvalue weighted by molar-refractivity contribution is 0.536. The van der Waals surface area contributed by atoms with Gasteiger partial charge in [0.05, 0.1) is 33.5 Å². The van der Waals surface area contributed by atoms with Crippen molar-refractivity contribution in [3.63, 3.8) is 0 Å². The van der Waals surface area contributed by atoms with E-state index in [1.54, 1.807) is 0 Å². The van der Waals surface area contributed by atoms with Crippen LogP contribution in [0.25, 0.3) is 65.4 Å². The van der Waals surface area contributed by atoms with E-state index >= 15 is 0 Å². The van der Waals surface area contributed by atoms with Crippen LogP contribution in [0.4, 0.5) is 0 Å². The first-order valence-corrected chi connectivity index (χ1v) is 15.0. The van der Waals surface area contributed by atoms with Crippen LogP contribution in [0.3, 0.4) is 0 Å². The van der Waals surface area contributed by atoms with Crippen molar-refractivity contribution in [2.75, 3.05) is 13.1 Å². The Bertz CT molecular complexity index is 2120. The maximum atomic E-state index is 6.84. The Kier molecular flexibility index (Phi) is 6.30. The van der Waals surface area contributed by atoms with Crippen molar-refractivity contribution in [1.82, 2.24) is 25.3 Å². The second-order valence-corrected chi connectivity index (χ2v) is 11.4. The summed E-state index contributed by atoms with van der Waals surface area (Å²) in [4.78, 5) is 17.4. The van der Waals surface area contributed by atoms with Crippen molar-refractivity contribution in [3.8, 4) is 0 Å². The predicted molar refractivity (Wildman–Crippen MR) is 178 cm³/mol. The molecule has 7 N–H and O–H groups in total. The fraction of sp³-hybridized carbons (Fsp3) is 0.167. The van der Waals surface area contributed by atoms with E-state index in [0.717, 1.165) is 103 Å². The summed E-state index contributed by atoms with van der Waals surface area (Å²) in [6, 6.07) is 32.9. The molecule has 4 aromatic heterocycles. The topological polar surface area (TPSA) is 121 Å². The van der Waals surface area contributed by atoms with Gasteiger partial charge < -0.3 is 26.8 Å². The van der Waals surface area contributed by atoms with E-state index in [9.17, 15) is 0 Å². The van der Waals surface area contributed by atoms with Gasteiger partial charge in [-0.15, -0.1) is 0 Å². The smallest absolute Gasteiger partial charge is 0.0727 e. The molecule has 4 heterocycles. The van der Waals surface area contributed by atoms with Gasteiger partial charge >= 0.3 is 0 Å². The second-order valence-electron chi connectivity index (χ2n) is 11.4. The molecular formula is C36H33N7. The van der Waals surface area contributed by atoms with Gasteiger partial charge in [0.2, 0.25) is 0 Å². The molecule has 0 bridgehead atoms. The van der Waals surface area contributed by atoms with E-state index in [1.165, 1.54) is 0 Å². The van der Waals surface area contributed by atoms with Crippen molar-refractivity contribution in [3.05, 3.63) is 108 Å². The molecular weight excluding hydrogens is 530 g/mol. The Morgan fingerprint density at radius 2 is 0.930 bits per heavy atom. The highest BCUT2D eigenvalue weighted by atomic mass is 14.9. The zero-order valence-corrected chi connectivity index (χ0v) is 23.8. The lowest BCUT2D eigenvalue weighted by Crippen LogP contribution is -2.25. The molecule has 8 aromatic rings. The number of benzene rings is 4. The number of hydrogen-bond donors (Lipinski definition) is 5. The van der Waals surface area contributed by atoms with Crippen molar-refractivity contribution in [2.24, 2.45) is 11.5 Å². The first-order chi connectivity index (χ1) is 21.2. The molecule has 0 aliphatic carbocycles. The number of nitrogens with one attached hydrogen (secondary N) is 3. The van der Waals surface area contributed by atoms with Crippen molar-refractivity contribution >= 4 is 65.4 Å². The van der Waals surface area contributed by atoms with Crippen LogP contribution in [0, 0.1) is 0 Å². The normalized spacial score (nSPS) is 13.6. The minimum atomic E-state index is -0.208. The molecule has 0 radical (unpaired) electrons. The summed E-state index contributed by atoms with van der Waals surface area (Å²) in [7, 11) is 0. The zero-order valence-electron chi connectivity index (χ0n) is 23.8. The summed E-state index contributed by atoms with van der Waals surface area (Å²) in [6.07, 6.45) is 1.52. The van der Waals surface area contributed by atoms with Gasteiger partial charge in [0.25, 0.3) is 0 Å². The third kappa shape index (κ3) is 4.32. The van der Waals surface area contributed by atoms with Gasteiger partial charge in [0, 0.05) is 55.4 Å². The SMILES string of the molecule is NC(CCNCCC(N)c1nc2ccccc2c2[nH]c3ccccc3c12)c1nc2ccccc2c2[nH]c3ccccc3c12. The van der Waals surface area contributed by atoms with E-state index in [0.29, 0.717) is 0 Å². The molecule has 0 spiro atoms. The monoisotopic (exact) mass is 563 g/mol. The van der Waals surface area contributed by atoms with E-state index in [1.807, 2.05) is 12.1 Å². The summed E-state index contributed by atoms with van der Waals surface area (Å²) in [6.45, 7) is 1.53. The minimum absolute atomic E-state index is 0.208. The summed E-state index contributed by atoms with van der Waals surface area (Å²) < 4.78 is 0. The van der Waals surface area contributed by atoms with Gasteiger partial charge in [-0.3, -0.25) is 9.97 Å². The van der Waals surface area contributed by atoms with Crippen LogP contribution in [0.2, 0.25) is 0 Å². The average molecular weight is 564 g/mol. The van der Waals surface area contributed by atoms with Gasteiger partial charge in [-0.2, -0.15) is 0 Å². The number of pyridine rings is 2. The molecule has 2 atom stereocenters. The number of aromatic nitrogens is 4. The average Bonchev–Trinajstić information content (AvgIpc) is 3.63. The molecule has 0 fully saturated rings. The lowest BCUT2D eigenvalue weighted by atomic mass is 10.0. The molecule has 0 amide bonds. The summed E-state index contributed by atoms with van der Waals surface area (Å²) in [5.41, 5.74) is 21.9. The van der Waals surface area contributed by atoms with Crippen LogP contribution in [0.1, 0.15) is 36.3 Å². The number of rotatable bonds is 8. The van der Waals surface area contributed by atoms with Gasteiger partial charge in [-0.05, 0) is 50.2 Å². The van der Waals surface area contributed by atoms with Crippen molar-refractivity contribution in [2.45, 2.75) is 24.9 Å². The number of aromatic amines is 2. The zero-order chi connectivity index (χ0) is 28.9. The molecule has 43 heavy (non-hydrogen) atoms. The van der Waals surface area contributed by atoms with Crippen LogP contribution < -0.4 is 16.8 Å². The van der Waals surface area contributed by atoms with Crippen molar-refractivity contribution in [1.29, 1.82) is 0 Å². The van der Waals surface area contributed by atoms with E-state index in [4.69, 9.17) is 21.4 Å². The first kappa shape index (κ1) is 25.9. The quantitative estimate of drug-likeness (QED) is 0.126. The highest BCUT2D eigenvalue weighted by molar-refractivity contribution is 6.18. The van der Waals surface area contributed by atoms with E-state index in [2.05, 4.69) is 100 Å². The molecule has 8 rings (SSSR count). The highest BCUT2D eigenvalue weighted by Crippen LogP contribution is 2.36. The van der Waals surface area contributed by atoms with Gasteiger partial charge in [-0.1, -0.05) is 72.8 Å². The molecule has 7 nitrogen and oxygen atoms in total. The lowest BCUT2D eigenvalue weighted by Gasteiger charge is -2.17. The Labute approximate surface area is 248 Å². The fourth-order valence-electron chi connectivity index (χ4n) is 6.61. The molecule has 0 saturated heterocycles. The largest absolute Gasteiger partial charge is 0.354 e. The molecule has 0 saturated carbocycles. The number of nitrogens with two attached hydrogens (primary N) is 2. The molecule has 4 aromatic carbocycles. The number of para-hydroxylation sites is 4. The third-order valence-corrected chi connectivity index (χ3v) is 8.72. The van der Waals surface area contributed by atoms with Gasteiger partial charge in [0.1, 0.15) is 0 Å². The Morgan fingerprint density at radius 1 is 0.535 bits per heavy atom. The maximum absolute atomic E-state index is 6.84. The molecule has 212 valence electrons. The summed E-state index contributed by atoms with van der Waals surface area (Å²) in [5.74, 6) is 0. The Hall–Kier alpha value is -4.82. The van der Waals surface area contributed by atoms with Crippen LogP contribution >= 0.6 is 0 Å². The van der Waals surface area contributed by atoms with Gasteiger partial charge in [-0.25, -0.2) is 0 Å². The van der Waals surface area contributed by atoms with Crippen LogP contribution in [-0.2, 0) is 0 Å². The molecule has 7 heteroatoms. The predicted octanol–water partition coefficient (Wildman–Crippen LogP) is 7.12. The number of hydrogen-bond acceptors (Lipinski definition) is 5. The number of H-pyrrole nitrogens is 2. The molecule has 0 aliphatic heterocycles. The molecule has 2 unspecified atom stereocenters. The van der Waals surface area contributed by atoms with Crippen LogP contribution in [-0.4, -0.2) is 33.0 Å².